The van der Waals surface area contributed by atoms with E-state index in [2.05, 4.69) is 41.5 Å². The van der Waals surface area contributed by atoms with E-state index in [0.29, 0.717) is 0 Å². The maximum absolute atomic E-state index is 12.5. The van der Waals surface area contributed by atoms with E-state index < -0.39 is 0 Å². The van der Waals surface area contributed by atoms with Gasteiger partial charge in [-0.05, 0) is 44.6 Å². The smallest absolute Gasteiger partial charge is 0.237 e. The lowest BCUT2D eigenvalue weighted by atomic mass is 10.1. The van der Waals surface area contributed by atoms with Gasteiger partial charge < -0.3 is 5.32 Å². The Morgan fingerprint density at radius 1 is 1.22 bits per heavy atom. The van der Waals surface area contributed by atoms with Gasteiger partial charge in [0, 0.05) is 5.69 Å². The summed E-state index contributed by atoms with van der Waals surface area (Å²) in [6, 6.07) is 4.17. The number of carbonyl (C=O) groups excluding carboxylic acids is 1. The fourth-order valence-electron chi connectivity index (χ4n) is 2.23. The Labute approximate surface area is 149 Å². The van der Waals surface area contributed by atoms with Crippen LogP contribution in [0, 0.1) is 20.8 Å². The molecule has 0 saturated carbocycles. The van der Waals surface area contributed by atoms with Gasteiger partial charge >= 0.3 is 0 Å². The van der Waals surface area contributed by atoms with Crippen molar-refractivity contribution in [3.63, 3.8) is 0 Å². The highest BCUT2D eigenvalue weighted by atomic mass is 32.2. The summed E-state index contributed by atoms with van der Waals surface area (Å²) >= 11 is 4.66. The lowest BCUT2D eigenvalue weighted by molar-refractivity contribution is -0.115. The zero-order valence-corrected chi connectivity index (χ0v) is 16.4. The molecule has 1 aromatic heterocycles. The number of hydrogen-bond acceptors (Lipinski definition) is 6. The second-order valence-electron chi connectivity index (χ2n) is 5.29. The van der Waals surface area contributed by atoms with Gasteiger partial charge in [0.2, 0.25) is 5.91 Å². The molecule has 2 rings (SSSR count). The maximum Gasteiger partial charge on any atom is 0.237 e. The first-order valence-corrected chi connectivity index (χ1v) is 10.1. The third-order valence-corrected chi connectivity index (χ3v) is 6.35. The van der Waals surface area contributed by atoms with E-state index in [9.17, 15) is 4.79 Å². The Balaban J connectivity index is 2.02. The van der Waals surface area contributed by atoms with Gasteiger partial charge in [-0.2, -0.15) is 0 Å². The van der Waals surface area contributed by atoms with Crippen molar-refractivity contribution in [3.05, 3.63) is 28.8 Å². The van der Waals surface area contributed by atoms with Gasteiger partial charge in [-0.3, -0.25) is 4.79 Å². The van der Waals surface area contributed by atoms with Crippen molar-refractivity contribution in [3.8, 4) is 0 Å². The average Bonchev–Trinajstić information content (AvgIpc) is 2.90. The molecule has 0 aliphatic carbocycles. The van der Waals surface area contributed by atoms with E-state index in [1.807, 2.05) is 20.8 Å². The van der Waals surface area contributed by atoms with Crippen molar-refractivity contribution >= 4 is 46.5 Å². The largest absolute Gasteiger partial charge is 0.325 e. The minimum Gasteiger partial charge on any atom is -0.325 e. The topological polar surface area (TPSA) is 54.9 Å². The Morgan fingerprint density at radius 3 is 2.43 bits per heavy atom. The summed E-state index contributed by atoms with van der Waals surface area (Å²) in [5.74, 6) is 0.964. The van der Waals surface area contributed by atoms with Crippen molar-refractivity contribution in [2.24, 2.45) is 0 Å². The molecular weight excluding hydrogens is 346 g/mol. The standard InChI is InChI=1S/C16H21N3OS3/c1-6-21-15-18-19-16(23-15)22-12(5)14(20)17-13-10(3)7-9(2)8-11(13)4/h7-8,12H,6H2,1-5H3,(H,17,20)/t12-/m1/s1. The van der Waals surface area contributed by atoms with Crippen molar-refractivity contribution in [2.45, 2.75) is 48.5 Å². The second-order valence-corrected chi connectivity index (χ2v) is 9.37. The predicted molar refractivity (Wildman–Crippen MR) is 101 cm³/mol. The third-order valence-electron chi connectivity index (χ3n) is 3.23. The first kappa shape index (κ1) is 18.3. The molecule has 0 saturated heterocycles. The number of amides is 1. The van der Waals surface area contributed by atoms with Crippen LogP contribution in [0.5, 0.6) is 0 Å². The molecule has 4 nitrogen and oxygen atoms in total. The molecule has 7 heteroatoms. The van der Waals surface area contributed by atoms with Crippen LogP contribution in [-0.4, -0.2) is 27.1 Å². The Bertz CT molecular complexity index is 677. The van der Waals surface area contributed by atoms with Crippen LogP contribution in [0.4, 0.5) is 5.69 Å². The normalized spacial score (nSPS) is 12.2. The predicted octanol–water partition coefficient (Wildman–Crippen LogP) is 4.69. The highest BCUT2D eigenvalue weighted by Gasteiger charge is 2.18. The van der Waals surface area contributed by atoms with Gasteiger partial charge in [-0.1, -0.05) is 59.5 Å². The molecule has 2 aromatic rings. The summed E-state index contributed by atoms with van der Waals surface area (Å²) in [4.78, 5) is 12.5. The average molecular weight is 368 g/mol. The van der Waals surface area contributed by atoms with Crippen LogP contribution >= 0.6 is 34.9 Å². The van der Waals surface area contributed by atoms with Crippen LogP contribution in [0.3, 0.4) is 0 Å². The lowest BCUT2D eigenvalue weighted by Crippen LogP contribution is -2.23. The molecule has 0 aliphatic heterocycles. The Kier molecular flexibility index (Phi) is 6.50. The van der Waals surface area contributed by atoms with Gasteiger partial charge in [0.25, 0.3) is 0 Å². The first-order chi connectivity index (χ1) is 10.9. The molecule has 0 unspecified atom stereocenters. The lowest BCUT2D eigenvalue weighted by Gasteiger charge is -2.15. The monoisotopic (exact) mass is 367 g/mol. The summed E-state index contributed by atoms with van der Waals surface area (Å²) in [5.41, 5.74) is 4.29. The molecule has 1 amide bonds. The number of thioether (sulfide) groups is 2. The quantitative estimate of drug-likeness (QED) is 0.750. The number of nitrogens with one attached hydrogen (secondary N) is 1. The number of hydrogen-bond donors (Lipinski definition) is 1. The minimum atomic E-state index is -0.220. The maximum atomic E-state index is 12.5. The van der Waals surface area contributed by atoms with Crippen molar-refractivity contribution in [1.29, 1.82) is 0 Å². The first-order valence-electron chi connectivity index (χ1n) is 7.42. The summed E-state index contributed by atoms with van der Waals surface area (Å²) < 4.78 is 1.79. The summed E-state index contributed by atoms with van der Waals surface area (Å²) in [6.45, 7) is 10.1. The van der Waals surface area contributed by atoms with Crippen LogP contribution < -0.4 is 5.32 Å². The Hall–Kier alpha value is -1.05. The number of benzene rings is 1. The van der Waals surface area contributed by atoms with E-state index in [1.165, 1.54) is 17.3 Å². The fourth-order valence-corrected chi connectivity index (χ4v) is 5.29. The second kappa shape index (κ2) is 8.17. The van der Waals surface area contributed by atoms with E-state index in [0.717, 1.165) is 31.2 Å². The van der Waals surface area contributed by atoms with Crippen LogP contribution in [0.1, 0.15) is 30.5 Å². The molecule has 1 heterocycles. The molecular formula is C16H21N3OS3. The van der Waals surface area contributed by atoms with Crippen LogP contribution in [0.25, 0.3) is 0 Å². The highest BCUT2D eigenvalue weighted by molar-refractivity contribution is 8.03. The van der Waals surface area contributed by atoms with Crippen molar-refractivity contribution < 1.29 is 4.79 Å². The van der Waals surface area contributed by atoms with Gasteiger partial charge in [0.15, 0.2) is 8.68 Å². The molecule has 0 fully saturated rings. The van der Waals surface area contributed by atoms with Gasteiger partial charge in [-0.15, -0.1) is 10.2 Å². The molecule has 0 spiro atoms. The molecule has 1 aromatic carbocycles. The van der Waals surface area contributed by atoms with Crippen LogP contribution in [0.2, 0.25) is 0 Å². The minimum absolute atomic E-state index is 0.00931. The number of aromatic nitrogens is 2. The molecule has 23 heavy (non-hydrogen) atoms. The summed E-state index contributed by atoms with van der Waals surface area (Å²) in [5, 5.41) is 11.1. The number of nitrogens with zero attached hydrogens (tertiary/aromatic N) is 2. The zero-order chi connectivity index (χ0) is 17.0. The van der Waals surface area contributed by atoms with Crippen LogP contribution in [-0.2, 0) is 4.79 Å². The SMILES string of the molecule is CCSc1nnc(S[C@H](C)C(=O)Nc2c(C)cc(C)cc2C)s1. The fraction of sp³-hybridized carbons (Fsp3) is 0.438. The molecule has 0 aliphatic rings. The number of aryl methyl sites for hydroxylation is 3. The van der Waals surface area contributed by atoms with Crippen molar-refractivity contribution in [1.82, 2.24) is 10.2 Å². The molecule has 124 valence electrons. The third kappa shape index (κ3) is 4.96. The number of rotatable bonds is 6. The van der Waals surface area contributed by atoms with Crippen LogP contribution in [0.15, 0.2) is 20.8 Å². The van der Waals surface area contributed by atoms with Gasteiger partial charge in [0.1, 0.15) is 0 Å². The molecule has 0 bridgehead atoms. The molecule has 1 N–H and O–H groups in total. The van der Waals surface area contributed by atoms with E-state index in [4.69, 9.17) is 0 Å². The van der Waals surface area contributed by atoms with E-state index in [1.54, 1.807) is 23.1 Å². The molecule has 1 atom stereocenters. The van der Waals surface area contributed by atoms with E-state index >= 15 is 0 Å². The van der Waals surface area contributed by atoms with Crippen molar-refractivity contribution in [2.75, 3.05) is 11.1 Å². The molecule has 0 radical (unpaired) electrons. The number of carbonyl (C=O) groups is 1. The van der Waals surface area contributed by atoms with Gasteiger partial charge in [0.05, 0.1) is 5.25 Å². The zero-order valence-electron chi connectivity index (χ0n) is 14.0. The highest BCUT2D eigenvalue weighted by Crippen LogP contribution is 2.32. The summed E-state index contributed by atoms with van der Waals surface area (Å²) in [7, 11) is 0. The van der Waals surface area contributed by atoms with E-state index in [-0.39, 0.29) is 11.2 Å². The summed E-state index contributed by atoms with van der Waals surface area (Å²) in [6.07, 6.45) is 0. The number of anilines is 1. The Morgan fingerprint density at radius 2 is 1.83 bits per heavy atom. The van der Waals surface area contributed by atoms with Gasteiger partial charge in [-0.25, -0.2) is 0 Å².